The van der Waals surface area contributed by atoms with Gasteiger partial charge < -0.3 is 5.32 Å². The second kappa shape index (κ2) is 4.16. The molecule has 0 bridgehead atoms. The standard InChI is InChI=1S/C11H13N5OS/c1-6-7(4-13-16(6)2)10-8-3-12-15-11(8)14-9(17)5-18-10/h3-4,10H,5H2,1-2H3,(H2,12,14,15,17)/t10-/m0/s1. The molecule has 0 saturated carbocycles. The fourth-order valence-electron chi connectivity index (χ4n) is 2.05. The first-order chi connectivity index (χ1) is 8.66. The van der Waals surface area contributed by atoms with Crippen LogP contribution in [0.5, 0.6) is 0 Å². The summed E-state index contributed by atoms with van der Waals surface area (Å²) < 4.78 is 1.84. The summed E-state index contributed by atoms with van der Waals surface area (Å²) in [6.45, 7) is 2.03. The molecule has 0 aliphatic carbocycles. The van der Waals surface area contributed by atoms with Gasteiger partial charge in [0.2, 0.25) is 5.91 Å². The van der Waals surface area contributed by atoms with E-state index in [-0.39, 0.29) is 11.2 Å². The average Bonchev–Trinajstić information content (AvgIpc) is 2.88. The molecule has 0 radical (unpaired) electrons. The number of nitrogens with zero attached hydrogens (tertiary/aromatic N) is 3. The lowest BCUT2D eigenvalue weighted by molar-refractivity contribution is -0.113. The molecule has 2 N–H and O–H groups in total. The first-order valence-corrected chi connectivity index (χ1v) is 6.65. The van der Waals surface area contributed by atoms with Crippen molar-refractivity contribution >= 4 is 23.5 Å². The smallest absolute Gasteiger partial charge is 0.235 e. The zero-order chi connectivity index (χ0) is 12.7. The molecule has 3 rings (SSSR count). The molecular weight excluding hydrogens is 250 g/mol. The monoisotopic (exact) mass is 263 g/mol. The average molecular weight is 263 g/mol. The third-order valence-corrected chi connectivity index (χ3v) is 4.42. The van der Waals surface area contributed by atoms with Crippen molar-refractivity contribution in [3.8, 4) is 0 Å². The SMILES string of the molecule is Cc1c([C@@H]2SCC(=O)Nc3[nH]ncc32)cnn1C. The second-order valence-corrected chi connectivity index (χ2v) is 5.34. The predicted molar refractivity (Wildman–Crippen MR) is 69.5 cm³/mol. The van der Waals surface area contributed by atoms with Crippen LogP contribution in [0.3, 0.4) is 0 Å². The van der Waals surface area contributed by atoms with Crippen molar-refractivity contribution in [1.29, 1.82) is 0 Å². The number of carbonyl (C=O) groups is 1. The maximum atomic E-state index is 11.6. The molecule has 1 aliphatic rings. The molecular formula is C11H13N5OS. The third-order valence-electron chi connectivity index (χ3n) is 3.15. The normalized spacial score (nSPS) is 19.2. The molecule has 18 heavy (non-hydrogen) atoms. The summed E-state index contributed by atoms with van der Waals surface area (Å²) in [6, 6.07) is 0. The fourth-order valence-corrected chi connectivity index (χ4v) is 3.21. The van der Waals surface area contributed by atoms with Gasteiger partial charge in [-0.1, -0.05) is 0 Å². The van der Waals surface area contributed by atoms with Crippen LogP contribution in [0, 0.1) is 6.92 Å². The number of carbonyl (C=O) groups excluding carboxylic acids is 1. The van der Waals surface area contributed by atoms with Crippen molar-refractivity contribution in [3.05, 3.63) is 29.2 Å². The molecule has 7 heteroatoms. The van der Waals surface area contributed by atoms with Crippen LogP contribution in [0.2, 0.25) is 0 Å². The quantitative estimate of drug-likeness (QED) is 0.811. The van der Waals surface area contributed by atoms with Crippen LogP contribution in [0.4, 0.5) is 5.82 Å². The van der Waals surface area contributed by atoms with E-state index in [4.69, 9.17) is 0 Å². The number of thioether (sulfide) groups is 1. The lowest BCUT2D eigenvalue weighted by atomic mass is 10.1. The number of hydrogen-bond acceptors (Lipinski definition) is 4. The van der Waals surface area contributed by atoms with Crippen LogP contribution in [0.1, 0.15) is 22.1 Å². The highest BCUT2D eigenvalue weighted by atomic mass is 32.2. The summed E-state index contributed by atoms with van der Waals surface area (Å²) in [6.07, 6.45) is 3.63. The van der Waals surface area contributed by atoms with E-state index in [1.807, 2.05) is 24.9 Å². The number of amides is 1. The van der Waals surface area contributed by atoms with Crippen molar-refractivity contribution < 1.29 is 4.79 Å². The van der Waals surface area contributed by atoms with E-state index < -0.39 is 0 Å². The van der Waals surface area contributed by atoms with E-state index in [1.165, 1.54) is 0 Å². The number of fused-ring (bicyclic) bond motifs is 1. The Morgan fingerprint density at radius 2 is 2.28 bits per heavy atom. The zero-order valence-corrected chi connectivity index (χ0v) is 10.9. The minimum Gasteiger partial charge on any atom is -0.310 e. The van der Waals surface area contributed by atoms with Crippen LogP contribution in [0.25, 0.3) is 0 Å². The Balaban J connectivity index is 2.08. The van der Waals surface area contributed by atoms with Gasteiger partial charge in [-0.2, -0.15) is 10.2 Å². The van der Waals surface area contributed by atoms with E-state index in [1.54, 1.807) is 18.0 Å². The van der Waals surface area contributed by atoms with Crippen molar-refractivity contribution in [1.82, 2.24) is 20.0 Å². The maximum absolute atomic E-state index is 11.6. The molecule has 3 heterocycles. The molecule has 1 atom stereocenters. The largest absolute Gasteiger partial charge is 0.310 e. The maximum Gasteiger partial charge on any atom is 0.235 e. The number of hydrogen-bond donors (Lipinski definition) is 2. The van der Waals surface area contributed by atoms with Gasteiger partial charge >= 0.3 is 0 Å². The number of rotatable bonds is 1. The lowest BCUT2D eigenvalue weighted by Gasteiger charge is -2.12. The lowest BCUT2D eigenvalue weighted by Crippen LogP contribution is -2.12. The van der Waals surface area contributed by atoms with Crippen LogP contribution < -0.4 is 5.32 Å². The molecule has 94 valence electrons. The van der Waals surface area contributed by atoms with E-state index in [9.17, 15) is 4.79 Å². The van der Waals surface area contributed by atoms with Gasteiger partial charge in [0.05, 0.1) is 23.4 Å². The summed E-state index contributed by atoms with van der Waals surface area (Å²) in [5.74, 6) is 1.12. The Morgan fingerprint density at radius 1 is 1.44 bits per heavy atom. The van der Waals surface area contributed by atoms with Crippen molar-refractivity contribution in [3.63, 3.8) is 0 Å². The summed E-state index contributed by atoms with van der Waals surface area (Å²) in [7, 11) is 1.92. The molecule has 1 amide bonds. The highest BCUT2D eigenvalue weighted by Crippen LogP contribution is 2.41. The van der Waals surface area contributed by atoms with Crippen molar-refractivity contribution in [2.45, 2.75) is 12.2 Å². The highest BCUT2D eigenvalue weighted by molar-refractivity contribution is 8.00. The van der Waals surface area contributed by atoms with Crippen LogP contribution >= 0.6 is 11.8 Å². The molecule has 0 fully saturated rings. The Morgan fingerprint density at radius 3 is 3.00 bits per heavy atom. The number of H-pyrrole nitrogens is 1. The van der Waals surface area contributed by atoms with E-state index in [0.717, 1.165) is 16.8 Å². The Labute approximate surface area is 108 Å². The van der Waals surface area contributed by atoms with Gasteiger partial charge in [0.1, 0.15) is 5.82 Å². The molecule has 0 saturated heterocycles. The summed E-state index contributed by atoms with van der Waals surface area (Å²) in [4.78, 5) is 11.6. The molecule has 0 unspecified atom stereocenters. The predicted octanol–water partition coefficient (Wildman–Crippen LogP) is 1.23. The summed E-state index contributed by atoms with van der Waals surface area (Å²) in [5.41, 5.74) is 3.23. The van der Waals surface area contributed by atoms with Gasteiger partial charge in [0, 0.05) is 23.9 Å². The number of anilines is 1. The van der Waals surface area contributed by atoms with Crippen LogP contribution in [-0.2, 0) is 11.8 Å². The number of aromatic amines is 1. The Kier molecular flexibility index (Phi) is 2.62. The molecule has 1 aliphatic heterocycles. The van der Waals surface area contributed by atoms with Crippen LogP contribution in [0.15, 0.2) is 12.4 Å². The van der Waals surface area contributed by atoms with E-state index in [2.05, 4.69) is 20.6 Å². The molecule has 0 spiro atoms. The molecule has 0 aromatic carbocycles. The van der Waals surface area contributed by atoms with Crippen LogP contribution in [-0.4, -0.2) is 31.6 Å². The Hall–Kier alpha value is -1.76. The number of aromatic nitrogens is 4. The second-order valence-electron chi connectivity index (χ2n) is 4.25. The number of aryl methyl sites for hydroxylation is 1. The van der Waals surface area contributed by atoms with Crippen molar-refractivity contribution in [2.75, 3.05) is 11.1 Å². The first-order valence-electron chi connectivity index (χ1n) is 5.60. The number of nitrogens with one attached hydrogen (secondary N) is 2. The topological polar surface area (TPSA) is 75.6 Å². The Bertz CT molecular complexity index is 602. The summed E-state index contributed by atoms with van der Waals surface area (Å²) >= 11 is 1.59. The minimum absolute atomic E-state index is 0.00505. The molecule has 6 nitrogen and oxygen atoms in total. The fraction of sp³-hybridized carbons (Fsp3) is 0.364. The van der Waals surface area contributed by atoms with Gasteiger partial charge in [-0.25, -0.2) is 0 Å². The van der Waals surface area contributed by atoms with Gasteiger partial charge in [-0.3, -0.25) is 14.6 Å². The van der Waals surface area contributed by atoms with E-state index in [0.29, 0.717) is 11.6 Å². The molecule has 2 aromatic rings. The zero-order valence-electron chi connectivity index (χ0n) is 10.1. The van der Waals surface area contributed by atoms with Gasteiger partial charge in [-0.05, 0) is 6.92 Å². The van der Waals surface area contributed by atoms with Crippen molar-refractivity contribution in [2.24, 2.45) is 7.05 Å². The van der Waals surface area contributed by atoms with Gasteiger partial charge in [0.25, 0.3) is 0 Å². The van der Waals surface area contributed by atoms with Gasteiger partial charge in [-0.15, -0.1) is 11.8 Å². The summed E-state index contributed by atoms with van der Waals surface area (Å²) in [5, 5.41) is 14.0. The van der Waals surface area contributed by atoms with Gasteiger partial charge in [0.15, 0.2) is 0 Å². The minimum atomic E-state index is -0.00505. The highest BCUT2D eigenvalue weighted by Gasteiger charge is 2.27. The molecule has 2 aromatic heterocycles. The third kappa shape index (κ3) is 1.71. The first kappa shape index (κ1) is 11.3. The van der Waals surface area contributed by atoms with E-state index >= 15 is 0 Å².